The average molecular weight is 454 g/mol. The first-order chi connectivity index (χ1) is 15.6. The maximum absolute atomic E-state index is 13.2. The van der Waals surface area contributed by atoms with Crippen LogP contribution in [0.25, 0.3) is 0 Å². The second-order valence-corrected chi connectivity index (χ2v) is 7.29. The van der Waals surface area contributed by atoms with Crippen LogP contribution in [0.4, 0.5) is 21.0 Å². The van der Waals surface area contributed by atoms with E-state index in [1.165, 1.54) is 24.3 Å². The number of hydrogen-bond donors (Lipinski definition) is 4. The van der Waals surface area contributed by atoms with Crippen LogP contribution >= 0.6 is 0 Å². The van der Waals surface area contributed by atoms with Crippen molar-refractivity contribution in [1.29, 1.82) is 0 Å². The molecule has 0 bridgehead atoms. The van der Waals surface area contributed by atoms with Gasteiger partial charge in [0.25, 0.3) is 11.4 Å². The number of rotatable bonds is 4. The van der Waals surface area contributed by atoms with E-state index in [-0.39, 0.29) is 22.5 Å². The highest BCUT2D eigenvalue weighted by atomic mass is 16.6. The zero-order chi connectivity index (χ0) is 23.9. The van der Waals surface area contributed by atoms with Crippen LogP contribution in [0.2, 0.25) is 0 Å². The number of carbonyl (C=O) groups is 4. The fourth-order valence-electron chi connectivity index (χ4n) is 4.04. The Hall–Kier alpha value is -4.88. The van der Waals surface area contributed by atoms with Gasteiger partial charge >= 0.3 is 12.1 Å². The molecule has 2 aliphatic heterocycles. The number of urea groups is 2. The van der Waals surface area contributed by atoms with Crippen molar-refractivity contribution in [2.45, 2.75) is 12.1 Å². The van der Waals surface area contributed by atoms with Crippen LogP contribution in [0.5, 0.6) is 0 Å². The monoisotopic (exact) mass is 454 g/mol. The minimum atomic E-state index is -2.16. The number of nitrogens with one attached hydrogen (secondary N) is 4. The molecule has 0 radical (unpaired) electrons. The highest BCUT2D eigenvalue weighted by molar-refractivity contribution is 6.21. The van der Waals surface area contributed by atoms with E-state index in [1.54, 1.807) is 0 Å². The Bertz CT molecular complexity index is 1120. The Labute approximate surface area is 183 Å². The van der Waals surface area contributed by atoms with Gasteiger partial charge in [-0.25, -0.2) is 9.59 Å². The topological polar surface area (TPSA) is 203 Å². The molecule has 2 saturated heterocycles. The summed E-state index contributed by atoms with van der Waals surface area (Å²) in [5, 5.41) is 31.0. The van der Waals surface area contributed by atoms with Crippen molar-refractivity contribution in [1.82, 2.24) is 21.3 Å². The Morgan fingerprint density at radius 1 is 0.636 bits per heavy atom. The van der Waals surface area contributed by atoms with Crippen molar-refractivity contribution < 1.29 is 29.0 Å². The van der Waals surface area contributed by atoms with Gasteiger partial charge in [0.15, 0.2) is 5.41 Å². The summed E-state index contributed by atoms with van der Waals surface area (Å²) in [6.45, 7) is 0. The summed E-state index contributed by atoms with van der Waals surface area (Å²) in [6.07, 6.45) is 0. The quantitative estimate of drug-likeness (QED) is 0.297. The van der Waals surface area contributed by atoms with Crippen molar-refractivity contribution in [2.24, 2.45) is 5.41 Å². The van der Waals surface area contributed by atoms with Gasteiger partial charge < -0.3 is 10.6 Å². The van der Waals surface area contributed by atoms with Gasteiger partial charge in [-0.1, -0.05) is 24.3 Å². The molecule has 6 amide bonds. The smallest absolute Gasteiger partial charge is 0.328 e. The van der Waals surface area contributed by atoms with Crippen LogP contribution < -0.4 is 21.3 Å². The molecule has 2 atom stereocenters. The Morgan fingerprint density at radius 3 is 1.33 bits per heavy atom. The van der Waals surface area contributed by atoms with E-state index in [0.717, 1.165) is 24.3 Å². The molecule has 33 heavy (non-hydrogen) atoms. The summed E-state index contributed by atoms with van der Waals surface area (Å²) in [7, 11) is 0. The van der Waals surface area contributed by atoms with Gasteiger partial charge in [-0.2, -0.15) is 0 Å². The molecular weight excluding hydrogens is 440 g/mol. The first-order valence-corrected chi connectivity index (χ1v) is 9.37. The molecule has 2 unspecified atom stereocenters. The molecule has 14 heteroatoms. The number of amides is 6. The predicted molar refractivity (Wildman–Crippen MR) is 107 cm³/mol. The number of carbonyl (C=O) groups excluding carboxylic acids is 4. The first-order valence-electron chi connectivity index (χ1n) is 9.37. The number of hydrogen-bond acceptors (Lipinski definition) is 8. The summed E-state index contributed by atoms with van der Waals surface area (Å²) in [5.41, 5.74) is -2.31. The fraction of sp³-hybridized carbons (Fsp3) is 0.158. The molecule has 0 aliphatic carbocycles. The first kappa shape index (κ1) is 21.4. The Kier molecular flexibility index (Phi) is 4.96. The zero-order valence-corrected chi connectivity index (χ0v) is 16.4. The molecular formula is C19H14N6O8. The minimum absolute atomic E-state index is 0.182. The molecule has 0 aromatic heterocycles. The molecule has 2 heterocycles. The lowest BCUT2D eigenvalue weighted by atomic mass is 9.65. The van der Waals surface area contributed by atoms with E-state index in [2.05, 4.69) is 10.6 Å². The lowest BCUT2D eigenvalue weighted by Crippen LogP contribution is -2.73. The number of nitrogens with zero attached hydrogens (tertiary/aromatic N) is 2. The fourth-order valence-corrected chi connectivity index (χ4v) is 4.04. The lowest BCUT2D eigenvalue weighted by Gasteiger charge is -2.48. The SMILES string of the molecule is O=C1NC(=O)C2(C(=O)N1)C(c1ccc([N+](=O)[O-])cc1)NC(=O)NC2c1ccc([N+](=O)[O-])cc1. The third kappa shape index (κ3) is 3.38. The highest BCUT2D eigenvalue weighted by Gasteiger charge is 2.64. The van der Waals surface area contributed by atoms with E-state index in [4.69, 9.17) is 0 Å². The molecule has 2 aromatic rings. The van der Waals surface area contributed by atoms with Gasteiger partial charge in [0.2, 0.25) is 11.8 Å². The lowest BCUT2D eigenvalue weighted by molar-refractivity contribution is -0.385. The predicted octanol–water partition coefficient (Wildman–Crippen LogP) is 0.951. The number of non-ortho nitro benzene ring substituents is 2. The molecule has 14 nitrogen and oxygen atoms in total. The van der Waals surface area contributed by atoms with Crippen molar-refractivity contribution in [2.75, 3.05) is 0 Å². The van der Waals surface area contributed by atoms with Crippen molar-refractivity contribution >= 4 is 35.3 Å². The summed E-state index contributed by atoms with van der Waals surface area (Å²) in [4.78, 5) is 71.4. The number of benzene rings is 2. The van der Waals surface area contributed by atoms with Gasteiger partial charge in [0.1, 0.15) is 0 Å². The highest BCUT2D eigenvalue weighted by Crippen LogP contribution is 2.48. The maximum Gasteiger partial charge on any atom is 0.328 e. The van der Waals surface area contributed by atoms with Gasteiger partial charge in [0.05, 0.1) is 21.9 Å². The van der Waals surface area contributed by atoms with Crippen molar-refractivity contribution in [3.63, 3.8) is 0 Å². The normalized spacial score (nSPS) is 21.5. The molecule has 2 aromatic carbocycles. The summed E-state index contributed by atoms with van der Waals surface area (Å²) >= 11 is 0. The summed E-state index contributed by atoms with van der Waals surface area (Å²) in [5.74, 6) is -2.06. The van der Waals surface area contributed by atoms with Gasteiger partial charge in [0, 0.05) is 24.3 Å². The van der Waals surface area contributed by atoms with Gasteiger partial charge in [-0.15, -0.1) is 0 Å². The van der Waals surface area contributed by atoms with Crippen molar-refractivity contribution in [3.05, 3.63) is 79.9 Å². The third-order valence-electron chi connectivity index (χ3n) is 5.54. The van der Waals surface area contributed by atoms with Gasteiger partial charge in [-0.05, 0) is 11.1 Å². The van der Waals surface area contributed by atoms with Crippen LogP contribution in [0, 0.1) is 25.6 Å². The van der Waals surface area contributed by atoms with E-state index in [0.29, 0.717) is 0 Å². The van der Waals surface area contributed by atoms with Crippen LogP contribution in [-0.2, 0) is 9.59 Å². The van der Waals surface area contributed by atoms with Crippen LogP contribution in [0.1, 0.15) is 23.2 Å². The number of nitro benzene ring substituents is 2. The van der Waals surface area contributed by atoms with Crippen LogP contribution in [0.3, 0.4) is 0 Å². The van der Waals surface area contributed by atoms with Gasteiger partial charge in [-0.3, -0.25) is 40.5 Å². The van der Waals surface area contributed by atoms with Crippen LogP contribution in [-0.4, -0.2) is 33.7 Å². The van der Waals surface area contributed by atoms with Crippen LogP contribution in [0.15, 0.2) is 48.5 Å². The maximum atomic E-state index is 13.2. The van der Waals surface area contributed by atoms with Crippen molar-refractivity contribution in [3.8, 4) is 0 Å². The van der Waals surface area contributed by atoms with E-state index in [9.17, 15) is 39.4 Å². The molecule has 2 aliphatic rings. The number of imide groups is 2. The second-order valence-electron chi connectivity index (χ2n) is 7.29. The van der Waals surface area contributed by atoms with E-state index >= 15 is 0 Å². The molecule has 4 rings (SSSR count). The summed E-state index contributed by atoms with van der Waals surface area (Å²) < 4.78 is 0. The number of barbiturate groups is 1. The van der Waals surface area contributed by atoms with E-state index < -0.39 is 51.2 Å². The van der Waals surface area contributed by atoms with E-state index in [1.807, 2.05) is 10.6 Å². The average Bonchev–Trinajstić information content (AvgIpc) is 2.77. The second kappa shape index (κ2) is 7.67. The Morgan fingerprint density at radius 2 is 1.00 bits per heavy atom. The summed E-state index contributed by atoms with van der Waals surface area (Å²) in [6, 6.07) is 5.15. The molecule has 2 fully saturated rings. The molecule has 168 valence electrons. The Balaban J connectivity index is 1.89. The molecule has 0 saturated carbocycles. The molecule has 4 N–H and O–H groups in total. The largest absolute Gasteiger partial charge is 0.330 e. The zero-order valence-electron chi connectivity index (χ0n) is 16.4. The minimum Gasteiger partial charge on any atom is -0.330 e. The third-order valence-corrected chi connectivity index (χ3v) is 5.54. The molecule has 1 spiro atoms. The standard InChI is InChI=1S/C19H14N6O8/c26-15-19(16(27)23-18(29)22-15)13(9-1-5-11(6-2-9)24(30)31)20-17(28)21-14(19)10-3-7-12(8-4-10)25(32)33/h1-8,13-14H,(H2,20,21,28)(H2,22,23,26,27,29). The number of nitro groups is 2.